The molecule has 1 amide bonds. The first kappa shape index (κ1) is 25.0. The fraction of sp³-hybridized carbons (Fsp3) is 0.360. The number of halogens is 5. The van der Waals surface area contributed by atoms with E-state index in [9.17, 15) is 22.4 Å². The minimum absolute atomic E-state index is 0.0135. The summed E-state index contributed by atoms with van der Waals surface area (Å²) >= 11 is 6.00. The number of H-pyrrole nitrogens is 1. The molecule has 0 bridgehead atoms. The highest BCUT2D eigenvalue weighted by molar-refractivity contribution is 6.33. The SMILES string of the molecule is C[C@@H]1C[C@@H](NC(=O)c2cc(C(F)(F)F)ccc2Cl)CC[C@@H]1CNc1cc(-c2ccc(F)cc2)[nH]n1. The van der Waals surface area contributed by atoms with Crippen molar-refractivity contribution in [3.63, 3.8) is 0 Å². The molecule has 5 nitrogen and oxygen atoms in total. The van der Waals surface area contributed by atoms with Gasteiger partial charge in [0.05, 0.1) is 21.8 Å². The average Bonchev–Trinajstić information content (AvgIpc) is 3.27. The van der Waals surface area contributed by atoms with E-state index in [0.29, 0.717) is 31.1 Å². The van der Waals surface area contributed by atoms with Crippen LogP contribution in [0.1, 0.15) is 42.1 Å². The zero-order chi connectivity index (χ0) is 25.2. The predicted octanol–water partition coefficient (Wildman–Crippen LogP) is 6.53. The first-order valence-corrected chi connectivity index (χ1v) is 11.7. The lowest BCUT2D eigenvalue weighted by Gasteiger charge is -2.34. The van der Waals surface area contributed by atoms with Crippen LogP contribution in [0.4, 0.5) is 23.4 Å². The van der Waals surface area contributed by atoms with Crippen LogP contribution < -0.4 is 10.6 Å². The number of hydrogen-bond acceptors (Lipinski definition) is 3. The van der Waals surface area contributed by atoms with Crippen LogP contribution in [0.2, 0.25) is 5.02 Å². The second-order valence-corrected chi connectivity index (χ2v) is 9.38. The van der Waals surface area contributed by atoms with Crippen LogP contribution in [0, 0.1) is 17.7 Å². The highest BCUT2D eigenvalue weighted by Crippen LogP contribution is 2.33. The fourth-order valence-electron chi connectivity index (χ4n) is 4.46. The Bertz CT molecular complexity index is 1180. The third kappa shape index (κ3) is 6.14. The Hall–Kier alpha value is -3.07. The van der Waals surface area contributed by atoms with E-state index >= 15 is 0 Å². The number of anilines is 1. The van der Waals surface area contributed by atoms with Gasteiger partial charge in [-0.05, 0) is 79.1 Å². The number of benzene rings is 2. The number of nitrogens with zero attached hydrogens (tertiary/aromatic N) is 1. The Morgan fingerprint density at radius 3 is 2.57 bits per heavy atom. The molecule has 0 aliphatic heterocycles. The lowest BCUT2D eigenvalue weighted by molar-refractivity contribution is -0.137. The Labute approximate surface area is 205 Å². The largest absolute Gasteiger partial charge is 0.416 e. The van der Waals surface area contributed by atoms with Gasteiger partial charge in [-0.2, -0.15) is 18.3 Å². The summed E-state index contributed by atoms with van der Waals surface area (Å²) in [5.74, 6) is 0.400. The summed E-state index contributed by atoms with van der Waals surface area (Å²) in [6.07, 6.45) is -2.30. The van der Waals surface area contributed by atoms with Crippen molar-refractivity contribution in [1.29, 1.82) is 0 Å². The summed E-state index contributed by atoms with van der Waals surface area (Å²) in [5.41, 5.74) is 0.530. The Balaban J connectivity index is 1.30. The lowest BCUT2D eigenvalue weighted by atomic mass is 9.78. The number of amides is 1. The van der Waals surface area contributed by atoms with Crippen molar-refractivity contribution in [3.8, 4) is 11.3 Å². The average molecular weight is 509 g/mol. The van der Waals surface area contributed by atoms with E-state index in [1.165, 1.54) is 12.1 Å². The summed E-state index contributed by atoms with van der Waals surface area (Å²) in [6, 6.07) is 10.6. The smallest absolute Gasteiger partial charge is 0.368 e. The number of rotatable bonds is 6. The van der Waals surface area contributed by atoms with Crippen LogP contribution >= 0.6 is 11.6 Å². The molecule has 10 heteroatoms. The van der Waals surface area contributed by atoms with Gasteiger partial charge in [-0.1, -0.05) is 18.5 Å². The molecule has 1 aromatic heterocycles. The monoisotopic (exact) mass is 508 g/mol. The first-order valence-electron chi connectivity index (χ1n) is 11.3. The normalized spacial score (nSPS) is 20.5. The van der Waals surface area contributed by atoms with Crippen LogP contribution in [0.25, 0.3) is 11.3 Å². The molecule has 0 radical (unpaired) electrons. The van der Waals surface area contributed by atoms with Crippen LogP contribution in [0.15, 0.2) is 48.5 Å². The van der Waals surface area contributed by atoms with E-state index in [4.69, 9.17) is 11.6 Å². The van der Waals surface area contributed by atoms with Gasteiger partial charge in [0.2, 0.25) is 0 Å². The molecule has 186 valence electrons. The second-order valence-electron chi connectivity index (χ2n) is 8.97. The summed E-state index contributed by atoms with van der Waals surface area (Å²) in [5, 5.41) is 13.4. The van der Waals surface area contributed by atoms with E-state index in [0.717, 1.165) is 35.9 Å². The molecule has 35 heavy (non-hydrogen) atoms. The third-order valence-corrected chi connectivity index (χ3v) is 6.83. The van der Waals surface area contributed by atoms with Crippen LogP contribution in [-0.2, 0) is 6.18 Å². The second kappa shape index (κ2) is 10.3. The highest BCUT2D eigenvalue weighted by atomic mass is 35.5. The molecule has 3 aromatic rings. The van der Waals surface area contributed by atoms with Crippen molar-refractivity contribution in [2.24, 2.45) is 11.8 Å². The van der Waals surface area contributed by atoms with Gasteiger partial charge < -0.3 is 10.6 Å². The molecule has 1 fully saturated rings. The van der Waals surface area contributed by atoms with Crippen molar-refractivity contribution in [2.75, 3.05) is 11.9 Å². The maximum atomic E-state index is 13.1. The van der Waals surface area contributed by atoms with Gasteiger partial charge in [-0.3, -0.25) is 9.89 Å². The van der Waals surface area contributed by atoms with Gasteiger partial charge in [-0.25, -0.2) is 4.39 Å². The number of alkyl halides is 3. The van der Waals surface area contributed by atoms with Gasteiger partial charge in [-0.15, -0.1) is 0 Å². The molecule has 3 N–H and O–H groups in total. The van der Waals surface area contributed by atoms with Gasteiger partial charge in [0, 0.05) is 18.7 Å². The molecule has 3 atom stereocenters. The topological polar surface area (TPSA) is 69.8 Å². The van der Waals surface area contributed by atoms with Crippen LogP contribution in [0.5, 0.6) is 0 Å². The third-order valence-electron chi connectivity index (χ3n) is 6.50. The molecule has 4 rings (SSSR count). The molecule has 1 saturated carbocycles. The number of aromatic amines is 1. The summed E-state index contributed by atoms with van der Waals surface area (Å²) < 4.78 is 52.2. The number of carbonyl (C=O) groups is 1. The Morgan fingerprint density at radius 2 is 1.89 bits per heavy atom. The molecule has 2 aromatic carbocycles. The number of nitrogens with one attached hydrogen (secondary N) is 3. The molecule has 0 saturated heterocycles. The molecular weight excluding hydrogens is 484 g/mol. The Kier molecular flexibility index (Phi) is 7.35. The van der Waals surface area contributed by atoms with Gasteiger partial charge >= 0.3 is 6.18 Å². The standard InChI is InChI=1S/C25H25ClF4N4O/c1-14-10-19(32-24(35)20-11-17(25(28,29)30)5-9-21(20)26)8-4-16(14)13-31-23-12-22(33-34-23)15-2-6-18(27)7-3-15/h2-3,5-7,9,11-12,14,16,19H,4,8,10,13H2,1H3,(H,32,35)(H2,31,33,34)/t14-,16-,19+/m1/s1. The van der Waals surface area contributed by atoms with E-state index in [1.54, 1.807) is 12.1 Å². The van der Waals surface area contributed by atoms with Crippen molar-refractivity contribution in [2.45, 2.75) is 38.4 Å². The van der Waals surface area contributed by atoms with Crippen molar-refractivity contribution >= 4 is 23.3 Å². The molecule has 1 aliphatic carbocycles. The zero-order valence-corrected chi connectivity index (χ0v) is 19.7. The van der Waals surface area contributed by atoms with E-state index in [2.05, 4.69) is 27.8 Å². The minimum Gasteiger partial charge on any atom is -0.368 e. The van der Waals surface area contributed by atoms with Gasteiger partial charge in [0.25, 0.3) is 5.91 Å². The quantitative estimate of drug-likeness (QED) is 0.331. The van der Waals surface area contributed by atoms with Crippen LogP contribution in [-0.4, -0.2) is 28.7 Å². The van der Waals surface area contributed by atoms with Crippen LogP contribution in [0.3, 0.4) is 0 Å². The predicted molar refractivity (Wildman–Crippen MR) is 127 cm³/mol. The van der Waals surface area contributed by atoms with Gasteiger partial charge in [0.15, 0.2) is 0 Å². The lowest BCUT2D eigenvalue weighted by Crippen LogP contribution is -2.41. The van der Waals surface area contributed by atoms with E-state index < -0.39 is 17.6 Å². The number of aromatic nitrogens is 2. The number of carbonyl (C=O) groups excluding carboxylic acids is 1. The molecular formula is C25H25ClF4N4O. The molecule has 0 spiro atoms. The van der Waals surface area contributed by atoms with Crippen molar-refractivity contribution in [3.05, 3.63) is 70.5 Å². The summed E-state index contributed by atoms with van der Waals surface area (Å²) in [7, 11) is 0. The summed E-state index contributed by atoms with van der Waals surface area (Å²) in [6.45, 7) is 2.78. The first-order chi connectivity index (χ1) is 16.6. The molecule has 1 aliphatic rings. The maximum Gasteiger partial charge on any atom is 0.416 e. The zero-order valence-electron chi connectivity index (χ0n) is 18.9. The van der Waals surface area contributed by atoms with Crippen molar-refractivity contribution < 1.29 is 22.4 Å². The molecule has 0 unspecified atom stereocenters. The Morgan fingerprint density at radius 1 is 1.14 bits per heavy atom. The minimum atomic E-state index is -4.55. The van der Waals surface area contributed by atoms with E-state index in [-0.39, 0.29) is 28.4 Å². The summed E-state index contributed by atoms with van der Waals surface area (Å²) in [4.78, 5) is 12.6. The molecule has 1 heterocycles. The van der Waals surface area contributed by atoms with Gasteiger partial charge in [0.1, 0.15) is 11.6 Å². The fourth-order valence-corrected chi connectivity index (χ4v) is 4.66. The number of hydrogen-bond donors (Lipinski definition) is 3. The van der Waals surface area contributed by atoms with Crippen molar-refractivity contribution in [1.82, 2.24) is 15.5 Å². The highest BCUT2D eigenvalue weighted by Gasteiger charge is 2.33. The maximum absolute atomic E-state index is 13.1. The van der Waals surface area contributed by atoms with E-state index in [1.807, 2.05) is 6.07 Å².